The van der Waals surface area contributed by atoms with Crippen molar-refractivity contribution in [2.24, 2.45) is 5.41 Å². The third-order valence-corrected chi connectivity index (χ3v) is 3.23. The maximum Gasteiger partial charge on any atom is 0.137 e. The summed E-state index contributed by atoms with van der Waals surface area (Å²) >= 11 is 0. The number of fused-ring (bicyclic) bond motifs is 3. The van der Waals surface area contributed by atoms with Crippen LogP contribution in [0.5, 0.6) is 0 Å². The molecular weight excluding hydrogens is 217 g/mol. The highest BCUT2D eigenvalue weighted by molar-refractivity contribution is 5.44. The lowest BCUT2D eigenvalue weighted by atomic mass is 9.83. The van der Waals surface area contributed by atoms with Crippen molar-refractivity contribution in [1.82, 2.24) is 14.8 Å². The van der Waals surface area contributed by atoms with Crippen LogP contribution in [0.4, 0.5) is 4.39 Å². The van der Waals surface area contributed by atoms with Crippen LogP contribution >= 0.6 is 0 Å². The average Bonchev–Trinajstić information content (AvgIpc) is 2.60. The first-order valence-corrected chi connectivity index (χ1v) is 5.73. The predicted molar refractivity (Wildman–Crippen MR) is 62.5 cm³/mol. The van der Waals surface area contributed by atoms with Crippen LogP contribution < -0.4 is 0 Å². The zero-order valence-corrected chi connectivity index (χ0v) is 9.94. The summed E-state index contributed by atoms with van der Waals surface area (Å²) in [5, 5.41) is 8.10. The lowest BCUT2D eigenvalue weighted by Crippen LogP contribution is -2.17. The molecule has 1 aromatic carbocycles. The van der Waals surface area contributed by atoms with Crippen LogP contribution in [0.2, 0.25) is 0 Å². The van der Waals surface area contributed by atoms with Gasteiger partial charge in [0.15, 0.2) is 0 Å². The number of rotatable bonds is 0. The Labute approximate surface area is 99.3 Å². The lowest BCUT2D eigenvalue weighted by Gasteiger charge is -2.21. The van der Waals surface area contributed by atoms with Gasteiger partial charge in [0, 0.05) is 6.42 Å². The van der Waals surface area contributed by atoms with Crippen LogP contribution in [0.15, 0.2) is 24.5 Å². The quantitative estimate of drug-likeness (QED) is 0.697. The largest absolute Gasteiger partial charge is 0.285 e. The highest BCUT2D eigenvalue weighted by atomic mass is 19.1. The van der Waals surface area contributed by atoms with Gasteiger partial charge in [0.2, 0.25) is 0 Å². The summed E-state index contributed by atoms with van der Waals surface area (Å²) < 4.78 is 15.3. The molecule has 3 rings (SSSR count). The molecule has 3 nitrogen and oxygen atoms in total. The summed E-state index contributed by atoms with van der Waals surface area (Å²) in [4.78, 5) is 0. The maximum atomic E-state index is 13.3. The number of benzene rings is 1. The molecule has 0 unspecified atom stereocenters. The molecule has 0 radical (unpaired) electrons. The molecule has 1 aliphatic heterocycles. The molecule has 0 saturated carbocycles. The van der Waals surface area contributed by atoms with E-state index in [0.29, 0.717) is 0 Å². The fourth-order valence-corrected chi connectivity index (χ4v) is 2.52. The van der Waals surface area contributed by atoms with Crippen molar-refractivity contribution in [2.75, 3.05) is 0 Å². The average molecular weight is 231 g/mol. The van der Waals surface area contributed by atoms with Gasteiger partial charge >= 0.3 is 0 Å². The van der Waals surface area contributed by atoms with Crippen molar-refractivity contribution in [3.63, 3.8) is 0 Å². The Morgan fingerprint density at radius 2 is 2.12 bits per heavy atom. The van der Waals surface area contributed by atoms with Gasteiger partial charge in [0.1, 0.15) is 18.0 Å². The van der Waals surface area contributed by atoms with Crippen molar-refractivity contribution in [3.8, 4) is 5.69 Å². The first kappa shape index (κ1) is 10.4. The van der Waals surface area contributed by atoms with Crippen molar-refractivity contribution in [3.05, 3.63) is 41.7 Å². The highest BCUT2D eigenvalue weighted by Crippen LogP contribution is 2.33. The minimum absolute atomic E-state index is 0.0732. The van der Waals surface area contributed by atoms with Gasteiger partial charge in [0.25, 0.3) is 0 Å². The van der Waals surface area contributed by atoms with Crippen molar-refractivity contribution in [2.45, 2.75) is 26.7 Å². The number of nitrogens with zero attached hydrogens (tertiary/aromatic N) is 3. The van der Waals surface area contributed by atoms with E-state index in [2.05, 4.69) is 24.0 Å². The van der Waals surface area contributed by atoms with Gasteiger partial charge in [0.05, 0.1) is 5.69 Å². The Balaban J connectivity index is 2.26. The summed E-state index contributed by atoms with van der Waals surface area (Å²) in [5.41, 5.74) is 2.09. The standard InChI is InChI=1S/C13H14FN3/c1-13(2)6-9-5-10(14)3-4-11(9)17-8-15-16-12(17)7-13/h3-5,8H,6-7H2,1-2H3. The smallest absolute Gasteiger partial charge is 0.137 e. The first-order valence-electron chi connectivity index (χ1n) is 5.73. The van der Waals surface area contributed by atoms with Gasteiger partial charge < -0.3 is 0 Å². The van der Waals surface area contributed by atoms with Crippen molar-refractivity contribution >= 4 is 0 Å². The van der Waals surface area contributed by atoms with Gasteiger partial charge in [-0.05, 0) is 35.6 Å². The SMILES string of the molecule is CC1(C)Cc2cc(F)ccc2-n2cnnc2C1. The molecule has 1 aliphatic rings. The fourth-order valence-electron chi connectivity index (χ4n) is 2.52. The van der Waals surface area contributed by atoms with Crippen LogP contribution in [0.1, 0.15) is 25.2 Å². The van der Waals surface area contributed by atoms with Crippen molar-refractivity contribution in [1.29, 1.82) is 0 Å². The zero-order chi connectivity index (χ0) is 12.0. The van der Waals surface area contributed by atoms with Crippen LogP contribution in [0.3, 0.4) is 0 Å². The van der Waals surface area contributed by atoms with E-state index in [0.717, 1.165) is 29.9 Å². The molecule has 0 fully saturated rings. The number of hydrogen-bond acceptors (Lipinski definition) is 2. The Kier molecular flexibility index (Phi) is 2.08. The van der Waals surface area contributed by atoms with Crippen LogP contribution in [0, 0.1) is 11.2 Å². The fraction of sp³-hybridized carbons (Fsp3) is 0.385. The molecule has 2 aromatic rings. The predicted octanol–water partition coefficient (Wildman–Crippen LogP) is 2.53. The molecule has 0 amide bonds. The summed E-state index contributed by atoms with van der Waals surface area (Å²) in [7, 11) is 0. The van der Waals surface area contributed by atoms with E-state index in [1.165, 1.54) is 6.07 Å². The second-order valence-corrected chi connectivity index (χ2v) is 5.41. The Hall–Kier alpha value is -1.71. The van der Waals surface area contributed by atoms with Gasteiger partial charge in [-0.2, -0.15) is 0 Å². The molecule has 2 heterocycles. The van der Waals surface area contributed by atoms with E-state index in [1.807, 2.05) is 4.57 Å². The minimum atomic E-state index is -0.184. The molecule has 0 bridgehead atoms. The molecule has 0 atom stereocenters. The van der Waals surface area contributed by atoms with E-state index in [9.17, 15) is 4.39 Å². The number of hydrogen-bond donors (Lipinski definition) is 0. The van der Waals surface area contributed by atoms with Gasteiger partial charge in [-0.1, -0.05) is 13.8 Å². The van der Waals surface area contributed by atoms with E-state index in [4.69, 9.17) is 0 Å². The summed E-state index contributed by atoms with van der Waals surface area (Å²) in [6.45, 7) is 4.35. The molecule has 17 heavy (non-hydrogen) atoms. The van der Waals surface area contributed by atoms with E-state index in [1.54, 1.807) is 18.5 Å². The van der Waals surface area contributed by atoms with Crippen LogP contribution in [-0.2, 0) is 12.8 Å². The molecule has 88 valence electrons. The second kappa shape index (κ2) is 3.39. The van der Waals surface area contributed by atoms with E-state index >= 15 is 0 Å². The van der Waals surface area contributed by atoms with Crippen molar-refractivity contribution < 1.29 is 4.39 Å². The highest BCUT2D eigenvalue weighted by Gasteiger charge is 2.28. The van der Waals surface area contributed by atoms with E-state index in [-0.39, 0.29) is 11.2 Å². The minimum Gasteiger partial charge on any atom is -0.285 e. The molecule has 1 aromatic heterocycles. The van der Waals surface area contributed by atoms with Gasteiger partial charge in [-0.15, -0.1) is 10.2 Å². The number of aromatic nitrogens is 3. The van der Waals surface area contributed by atoms with Gasteiger partial charge in [-0.3, -0.25) is 4.57 Å². The molecule has 0 saturated heterocycles. The summed E-state index contributed by atoms with van der Waals surface area (Å²) in [5.74, 6) is 0.761. The Morgan fingerprint density at radius 3 is 2.94 bits per heavy atom. The molecule has 4 heteroatoms. The maximum absolute atomic E-state index is 13.3. The van der Waals surface area contributed by atoms with Crippen LogP contribution in [-0.4, -0.2) is 14.8 Å². The topological polar surface area (TPSA) is 30.7 Å². The Morgan fingerprint density at radius 1 is 1.29 bits per heavy atom. The normalized spacial score (nSPS) is 17.1. The Bertz CT molecular complexity index is 572. The summed E-state index contributed by atoms with van der Waals surface area (Å²) in [6, 6.07) is 4.91. The monoisotopic (exact) mass is 231 g/mol. The summed E-state index contributed by atoms with van der Waals surface area (Å²) in [6.07, 6.45) is 3.40. The van der Waals surface area contributed by atoms with E-state index < -0.39 is 0 Å². The molecule has 0 aliphatic carbocycles. The molecule has 0 N–H and O–H groups in total. The molecular formula is C13H14FN3. The lowest BCUT2D eigenvalue weighted by molar-refractivity contribution is 0.356. The third kappa shape index (κ3) is 1.73. The number of halogens is 1. The third-order valence-electron chi connectivity index (χ3n) is 3.23. The first-order chi connectivity index (χ1) is 8.05. The molecule has 0 spiro atoms. The van der Waals surface area contributed by atoms with Gasteiger partial charge in [-0.25, -0.2) is 4.39 Å². The van der Waals surface area contributed by atoms with Crippen LogP contribution in [0.25, 0.3) is 5.69 Å². The second-order valence-electron chi connectivity index (χ2n) is 5.41. The zero-order valence-electron chi connectivity index (χ0n) is 9.94.